The fourth-order valence-electron chi connectivity index (χ4n) is 4.48. The van der Waals surface area contributed by atoms with E-state index in [1.807, 2.05) is 0 Å². The Kier molecular flexibility index (Phi) is 3.47. The van der Waals surface area contributed by atoms with Crippen molar-refractivity contribution in [2.75, 3.05) is 7.11 Å². The Hall–Kier alpha value is -1.17. The highest BCUT2D eigenvalue weighted by atomic mass is 16.7. The van der Waals surface area contributed by atoms with Gasteiger partial charge in [-0.15, -0.1) is 0 Å². The SMILES string of the molecule is C=C1C2CC(C[C@@H]1O)C21C[C@@H](C=C(C)C(=O)O)O[C@H]1OC. The van der Waals surface area contributed by atoms with Gasteiger partial charge >= 0.3 is 5.97 Å². The Bertz CT molecular complexity index is 511. The summed E-state index contributed by atoms with van der Waals surface area (Å²) in [6.07, 6.45) is 3.09. The molecule has 2 bridgehead atoms. The van der Waals surface area contributed by atoms with Gasteiger partial charge in [0.25, 0.3) is 0 Å². The molecular formula is C16H22O5. The third-order valence-electron chi connectivity index (χ3n) is 5.59. The molecule has 0 amide bonds. The molecule has 1 spiro atoms. The minimum Gasteiger partial charge on any atom is -0.478 e. The van der Waals surface area contributed by atoms with Crippen molar-refractivity contribution in [2.24, 2.45) is 17.3 Å². The predicted molar refractivity (Wildman–Crippen MR) is 75.5 cm³/mol. The fraction of sp³-hybridized carbons (Fsp3) is 0.688. The highest BCUT2D eigenvalue weighted by Crippen LogP contribution is 2.68. The average Bonchev–Trinajstić information content (AvgIpc) is 2.81. The van der Waals surface area contributed by atoms with E-state index < -0.39 is 12.1 Å². The number of carboxylic acids is 1. The number of ether oxygens (including phenoxy) is 2. The summed E-state index contributed by atoms with van der Waals surface area (Å²) in [5.41, 5.74) is 1.02. The number of aliphatic carboxylic acids is 1. The lowest BCUT2D eigenvalue weighted by molar-refractivity contribution is -0.228. The van der Waals surface area contributed by atoms with Crippen molar-refractivity contribution in [2.45, 2.75) is 44.7 Å². The molecule has 21 heavy (non-hydrogen) atoms. The molecule has 2 aliphatic carbocycles. The molecule has 2 N–H and O–H groups in total. The molecule has 1 saturated heterocycles. The lowest BCUT2D eigenvalue weighted by atomic mass is 9.44. The average molecular weight is 294 g/mol. The van der Waals surface area contributed by atoms with Crippen LogP contribution in [0.25, 0.3) is 0 Å². The number of methoxy groups -OCH3 is 1. The molecule has 2 saturated carbocycles. The molecule has 1 heterocycles. The van der Waals surface area contributed by atoms with E-state index in [2.05, 4.69) is 6.58 Å². The monoisotopic (exact) mass is 294 g/mol. The van der Waals surface area contributed by atoms with Gasteiger partial charge in [-0.1, -0.05) is 6.58 Å². The van der Waals surface area contributed by atoms with Gasteiger partial charge in [0.1, 0.15) is 0 Å². The van der Waals surface area contributed by atoms with Crippen molar-refractivity contribution < 1.29 is 24.5 Å². The minimum absolute atomic E-state index is 0.148. The van der Waals surface area contributed by atoms with Gasteiger partial charge in [-0.2, -0.15) is 0 Å². The van der Waals surface area contributed by atoms with Crippen LogP contribution < -0.4 is 0 Å². The van der Waals surface area contributed by atoms with Crippen molar-refractivity contribution >= 4 is 5.97 Å². The predicted octanol–water partition coefficient (Wildman–Crippen LogP) is 1.72. The molecule has 0 aromatic heterocycles. The van der Waals surface area contributed by atoms with Crippen LogP contribution in [-0.4, -0.2) is 41.8 Å². The molecule has 5 heteroatoms. The van der Waals surface area contributed by atoms with Crippen molar-refractivity contribution in [3.63, 3.8) is 0 Å². The summed E-state index contributed by atoms with van der Waals surface area (Å²) in [5.74, 6) is -0.363. The van der Waals surface area contributed by atoms with E-state index in [-0.39, 0.29) is 29.3 Å². The van der Waals surface area contributed by atoms with Crippen molar-refractivity contribution in [3.05, 3.63) is 23.8 Å². The van der Waals surface area contributed by atoms with Gasteiger partial charge in [0.2, 0.25) is 0 Å². The summed E-state index contributed by atoms with van der Waals surface area (Å²) >= 11 is 0. The van der Waals surface area contributed by atoms with Crippen LogP contribution >= 0.6 is 0 Å². The van der Waals surface area contributed by atoms with Crippen LogP contribution in [0.3, 0.4) is 0 Å². The molecular weight excluding hydrogens is 272 g/mol. The first-order chi connectivity index (χ1) is 9.90. The van der Waals surface area contributed by atoms with E-state index in [0.29, 0.717) is 12.3 Å². The summed E-state index contributed by atoms with van der Waals surface area (Å²) in [6.45, 7) is 5.62. The molecule has 0 radical (unpaired) electrons. The van der Waals surface area contributed by atoms with Crippen molar-refractivity contribution in [3.8, 4) is 0 Å². The second kappa shape index (κ2) is 4.93. The third kappa shape index (κ3) is 1.99. The van der Waals surface area contributed by atoms with Crippen molar-refractivity contribution in [1.29, 1.82) is 0 Å². The number of carboxylic acid groups (broad SMARTS) is 1. The molecule has 3 rings (SSSR count). The quantitative estimate of drug-likeness (QED) is 0.612. The summed E-state index contributed by atoms with van der Waals surface area (Å²) in [4.78, 5) is 11.0. The lowest BCUT2D eigenvalue weighted by Gasteiger charge is -2.61. The van der Waals surface area contributed by atoms with Gasteiger partial charge in [0, 0.05) is 18.1 Å². The number of hydrogen-bond donors (Lipinski definition) is 2. The molecule has 0 aromatic rings. The summed E-state index contributed by atoms with van der Waals surface area (Å²) in [7, 11) is 1.62. The zero-order valence-corrected chi connectivity index (χ0v) is 12.4. The number of rotatable bonds is 3. The van der Waals surface area contributed by atoms with E-state index in [1.54, 1.807) is 20.1 Å². The molecule has 3 aliphatic rings. The Morgan fingerprint density at radius 2 is 2.24 bits per heavy atom. The van der Waals surface area contributed by atoms with Gasteiger partial charge in [-0.3, -0.25) is 0 Å². The van der Waals surface area contributed by atoms with Crippen molar-refractivity contribution in [1.82, 2.24) is 0 Å². The molecule has 3 unspecified atom stereocenters. The Labute approximate surface area is 124 Å². The number of aliphatic hydroxyl groups excluding tert-OH is 1. The fourth-order valence-corrected chi connectivity index (χ4v) is 4.48. The largest absolute Gasteiger partial charge is 0.478 e. The third-order valence-corrected chi connectivity index (χ3v) is 5.59. The Morgan fingerprint density at radius 3 is 2.81 bits per heavy atom. The van der Waals surface area contributed by atoms with Gasteiger partial charge in [-0.25, -0.2) is 4.79 Å². The van der Waals surface area contributed by atoms with Crippen LogP contribution in [0.4, 0.5) is 0 Å². The van der Waals surface area contributed by atoms with E-state index in [4.69, 9.17) is 14.6 Å². The van der Waals surface area contributed by atoms with Crippen LogP contribution in [0, 0.1) is 17.3 Å². The van der Waals surface area contributed by atoms with Gasteiger partial charge in [0.15, 0.2) is 6.29 Å². The minimum atomic E-state index is -0.929. The first-order valence-corrected chi connectivity index (χ1v) is 7.37. The molecule has 5 nitrogen and oxygen atoms in total. The summed E-state index contributed by atoms with van der Waals surface area (Å²) < 4.78 is 11.5. The second-order valence-corrected chi connectivity index (χ2v) is 6.53. The maximum atomic E-state index is 11.0. The first kappa shape index (κ1) is 14.8. The van der Waals surface area contributed by atoms with Gasteiger partial charge < -0.3 is 19.7 Å². The van der Waals surface area contributed by atoms with Crippen LogP contribution in [0.2, 0.25) is 0 Å². The maximum Gasteiger partial charge on any atom is 0.331 e. The Morgan fingerprint density at radius 1 is 1.52 bits per heavy atom. The number of aliphatic hydroxyl groups is 1. The second-order valence-electron chi connectivity index (χ2n) is 6.53. The zero-order chi connectivity index (χ0) is 15.4. The van der Waals surface area contributed by atoms with E-state index in [1.165, 1.54) is 0 Å². The number of hydrogen-bond acceptors (Lipinski definition) is 4. The van der Waals surface area contributed by atoms with E-state index in [0.717, 1.165) is 18.4 Å². The number of carbonyl (C=O) groups is 1. The zero-order valence-electron chi connectivity index (χ0n) is 12.4. The first-order valence-electron chi connectivity index (χ1n) is 7.37. The van der Waals surface area contributed by atoms with Crippen LogP contribution in [0.1, 0.15) is 26.2 Å². The molecule has 3 fully saturated rings. The van der Waals surface area contributed by atoms with Gasteiger partial charge in [0.05, 0.1) is 12.2 Å². The molecule has 116 valence electrons. The highest BCUT2D eigenvalue weighted by Gasteiger charge is 2.67. The smallest absolute Gasteiger partial charge is 0.331 e. The topological polar surface area (TPSA) is 76.0 Å². The summed E-state index contributed by atoms with van der Waals surface area (Å²) in [6, 6.07) is 0. The molecule has 6 atom stereocenters. The van der Waals surface area contributed by atoms with Crippen LogP contribution in [-0.2, 0) is 14.3 Å². The Balaban J connectivity index is 1.85. The number of fused-ring (bicyclic) bond motifs is 4. The van der Waals surface area contributed by atoms with Crippen LogP contribution in [0.5, 0.6) is 0 Å². The van der Waals surface area contributed by atoms with Gasteiger partial charge in [-0.05, 0) is 49.7 Å². The van der Waals surface area contributed by atoms with Crippen LogP contribution in [0.15, 0.2) is 23.8 Å². The molecule has 0 aromatic carbocycles. The maximum absolute atomic E-state index is 11.0. The molecule has 1 aliphatic heterocycles. The highest BCUT2D eigenvalue weighted by molar-refractivity contribution is 5.85. The normalized spacial score (nSPS) is 45.8. The van der Waals surface area contributed by atoms with E-state index >= 15 is 0 Å². The lowest BCUT2D eigenvalue weighted by Crippen LogP contribution is -2.60. The van der Waals surface area contributed by atoms with E-state index in [9.17, 15) is 9.90 Å². The standard InChI is InChI=1S/C16H22O5/c1-8(14(18)19)4-11-7-16(15(20-3)21-11)10-5-12(16)9(2)13(17)6-10/h4,10-13,15,17H,2,5-7H2,1,3H3,(H,18,19)/t10?,11-,12?,13+,15-,16?/m1/s1. The summed E-state index contributed by atoms with van der Waals surface area (Å²) in [5, 5.41) is 19.0.